The molecule has 2 aromatic carbocycles. The van der Waals surface area contributed by atoms with Crippen LogP contribution in [0.3, 0.4) is 0 Å². The summed E-state index contributed by atoms with van der Waals surface area (Å²) in [4.78, 5) is 12.5. The molecule has 0 bridgehead atoms. The molecular formula is C23H29NO6S2. The Morgan fingerprint density at radius 1 is 1.06 bits per heavy atom. The number of benzene rings is 2. The number of sulfone groups is 2. The van der Waals surface area contributed by atoms with Gasteiger partial charge in [0.05, 0.1) is 28.8 Å². The third kappa shape index (κ3) is 5.57. The van der Waals surface area contributed by atoms with Crippen LogP contribution in [0.1, 0.15) is 30.9 Å². The van der Waals surface area contributed by atoms with Crippen molar-refractivity contribution in [3.05, 3.63) is 65.7 Å². The van der Waals surface area contributed by atoms with E-state index in [1.165, 1.54) is 19.2 Å². The zero-order valence-corrected chi connectivity index (χ0v) is 20.0. The number of methoxy groups -OCH3 is 1. The Balaban J connectivity index is 1.90. The van der Waals surface area contributed by atoms with Crippen molar-refractivity contribution in [3.8, 4) is 0 Å². The Labute approximate surface area is 190 Å². The van der Waals surface area contributed by atoms with Crippen molar-refractivity contribution in [2.75, 3.05) is 18.6 Å². The molecule has 1 heterocycles. The van der Waals surface area contributed by atoms with Gasteiger partial charge in [0.15, 0.2) is 19.7 Å². The third-order valence-electron chi connectivity index (χ3n) is 5.76. The molecule has 0 aliphatic carbocycles. The second-order valence-electron chi connectivity index (χ2n) is 8.42. The van der Waals surface area contributed by atoms with Crippen molar-refractivity contribution >= 4 is 25.6 Å². The molecule has 0 unspecified atom stereocenters. The summed E-state index contributed by atoms with van der Waals surface area (Å²) in [5.41, 5.74) is 1.84. The Hall–Kier alpha value is -2.23. The van der Waals surface area contributed by atoms with Crippen molar-refractivity contribution in [1.82, 2.24) is 5.32 Å². The lowest BCUT2D eigenvalue weighted by molar-refractivity contribution is -0.143. The minimum Gasteiger partial charge on any atom is -0.468 e. The van der Waals surface area contributed by atoms with E-state index in [4.69, 9.17) is 4.74 Å². The third-order valence-corrected chi connectivity index (χ3v) is 9.92. The molecule has 3 rings (SSSR count). The maximum absolute atomic E-state index is 13.4. The van der Waals surface area contributed by atoms with Crippen LogP contribution < -0.4 is 5.32 Å². The standard InChI is InChI=1S/C23H29NO6S2/c1-16(2)18-9-11-19(12-10-18)32(28,29)22-15-31(26,27)14-21(22)24-20(23(25)30-3)13-17-7-5-4-6-8-17/h4-12,16,20-22,24H,13-15H2,1-3H3/t20-,21-,22-/m0/s1. The average Bonchev–Trinajstić information content (AvgIpc) is 3.08. The van der Waals surface area contributed by atoms with Crippen LogP contribution in [0.5, 0.6) is 0 Å². The largest absolute Gasteiger partial charge is 0.468 e. The minimum atomic E-state index is -3.95. The molecule has 3 atom stereocenters. The molecule has 0 saturated carbocycles. The first-order valence-electron chi connectivity index (χ1n) is 10.5. The lowest BCUT2D eigenvalue weighted by atomic mass is 10.0. The monoisotopic (exact) mass is 479 g/mol. The zero-order valence-electron chi connectivity index (χ0n) is 18.4. The minimum absolute atomic E-state index is 0.0773. The number of carbonyl (C=O) groups is 1. The van der Waals surface area contributed by atoms with E-state index in [0.717, 1.165) is 11.1 Å². The molecule has 1 N–H and O–H groups in total. The predicted molar refractivity (Wildman–Crippen MR) is 123 cm³/mol. The fraction of sp³-hybridized carbons (Fsp3) is 0.435. The van der Waals surface area contributed by atoms with Gasteiger partial charge in [-0.15, -0.1) is 0 Å². The highest BCUT2D eigenvalue weighted by molar-refractivity contribution is 7.96. The molecule has 2 aromatic rings. The topological polar surface area (TPSA) is 107 Å². The molecule has 9 heteroatoms. The van der Waals surface area contributed by atoms with Gasteiger partial charge in [0.1, 0.15) is 6.04 Å². The lowest BCUT2D eigenvalue weighted by Gasteiger charge is -2.25. The summed E-state index contributed by atoms with van der Waals surface area (Å²) in [6.07, 6.45) is 0.250. The molecule has 1 aliphatic heterocycles. The normalized spacial score (nSPS) is 21.4. The summed E-state index contributed by atoms with van der Waals surface area (Å²) >= 11 is 0. The fourth-order valence-electron chi connectivity index (χ4n) is 3.95. The van der Waals surface area contributed by atoms with Gasteiger partial charge in [0.25, 0.3) is 0 Å². The van der Waals surface area contributed by atoms with E-state index in [-0.39, 0.29) is 23.0 Å². The molecule has 1 fully saturated rings. The van der Waals surface area contributed by atoms with E-state index in [1.54, 1.807) is 12.1 Å². The number of carbonyl (C=O) groups excluding carboxylic acids is 1. The Morgan fingerprint density at radius 2 is 1.69 bits per heavy atom. The van der Waals surface area contributed by atoms with Gasteiger partial charge >= 0.3 is 5.97 Å². The SMILES string of the molecule is COC(=O)[C@H](Cc1ccccc1)N[C@H]1CS(=O)(=O)C[C@@H]1S(=O)(=O)c1ccc(C(C)C)cc1. The number of esters is 1. The molecule has 0 spiro atoms. The van der Waals surface area contributed by atoms with Crippen LogP contribution in [0, 0.1) is 0 Å². The van der Waals surface area contributed by atoms with Gasteiger partial charge in [-0.05, 0) is 35.6 Å². The van der Waals surface area contributed by atoms with Gasteiger partial charge in [0.2, 0.25) is 0 Å². The average molecular weight is 480 g/mol. The van der Waals surface area contributed by atoms with E-state index in [0.29, 0.717) is 0 Å². The smallest absolute Gasteiger partial charge is 0.323 e. The van der Waals surface area contributed by atoms with Gasteiger partial charge in [-0.2, -0.15) is 0 Å². The number of hydrogen-bond acceptors (Lipinski definition) is 7. The van der Waals surface area contributed by atoms with Gasteiger partial charge in [0, 0.05) is 6.04 Å². The van der Waals surface area contributed by atoms with Crippen molar-refractivity contribution in [2.45, 2.75) is 48.4 Å². The highest BCUT2D eigenvalue weighted by Gasteiger charge is 2.47. The van der Waals surface area contributed by atoms with Crippen LogP contribution >= 0.6 is 0 Å². The van der Waals surface area contributed by atoms with E-state index >= 15 is 0 Å². The molecule has 1 aliphatic rings. The highest BCUT2D eigenvalue weighted by Crippen LogP contribution is 2.28. The summed E-state index contributed by atoms with van der Waals surface area (Å²) in [6, 6.07) is 13.9. The van der Waals surface area contributed by atoms with Gasteiger partial charge in [-0.25, -0.2) is 16.8 Å². The van der Waals surface area contributed by atoms with Crippen molar-refractivity contribution in [1.29, 1.82) is 0 Å². The Morgan fingerprint density at radius 3 is 2.25 bits per heavy atom. The number of nitrogens with one attached hydrogen (secondary N) is 1. The molecule has 32 heavy (non-hydrogen) atoms. The highest BCUT2D eigenvalue weighted by atomic mass is 32.2. The number of hydrogen-bond donors (Lipinski definition) is 1. The maximum atomic E-state index is 13.4. The molecule has 1 saturated heterocycles. The number of rotatable bonds is 8. The first kappa shape index (κ1) is 24.4. The van der Waals surface area contributed by atoms with E-state index in [9.17, 15) is 21.6 Å². The van der Waals surface area contributed by atoms with Crippen LogP contribution in [-0.2, 0) is 35.6 Å². The van der Waals surface area contributed by atoms with Crippen LogP contribution in [0.4, 0.5) is 0 Å². The summed E-state index contributed by atoms with van der Waals surface area (Å²) in [7, 11) is -6.30. The maximum Gasteiger partial charge on any atom is 0.323 e. The molecule has 0 radical (unpaired) electrons. The van der Waals surface area contributed by atoms with Crippen molar-refractivity contribution in [3.63, 3.8) is 0 Å². The molecule has 7 nitrogen and oxygen atoms in total. The van der Waals surface area contributed by atoms with E-state index in [1.807, 2.05) is 44.2 Å². The zero-order chi connectivity index (χ0) is 23.5. The van der Waals surface area contributed by atoms with Gasteiger partial charge in [-0.3, -0.25) is 10.1 Å². The van der Waals surface area contributed by atoms with Crippen molar-refractivity contribution < 1.29 is 26.4 Å². The predicted octanol–water partition coefficient (Wildman–Crippen LogP) is 2.12. The quantitative estimate of drug-likeness (QED) is 0.578. The molecule has 174 valence electrons. The van der Waals surface area contributed by atoms with Gasteiger partial charge in [-0.1, -0.05) is 56.3 Å². The Kier molecular flexibility index (Phi) is 7.42. The second-order valence-corrected chi connectivity index (χ2v) is 12.7. The first-order valence-corrected chi connectivity index (χ1v) is 13.8. The van der Waals surface area contributed by atoms with Crippen molar-refractivity contribution in [2.24, 2.45) is 0 Å². The van der Waals surface area contributed by atoms with Crippen LogP contribution in [0.15, 0.2) is 59.5 Å². The van der Waals surface area contributed by atoms with Crippen LogP contribution in [0.2, 0.25) is 0 Å². The lowest BCUT2D eigenvalue weighted by Crippen LogP contribution is -2.51. The van der Waals surface area contributed by atoms with Gasteiger partial charge < -0.3 is 4.74 Å². The molecule has 0 aromatic heterocycles. The second kappa shape index (κ2) is 9.72. The Bertz CT molecular complexity index is 1140. The van der Waals surface area contributed by atoms with E-state index in [2.05, 4.69) is 5.32 Å². The molecule has 0 amide bonds. The van der Waals surface area contributed by atoms with Crippen LogP contribution in [-0.4, -0.2) is 58.8 Å². The first-order chi connectivity index (χ1) is 15.0. The fourth-order valence-corrected chi connectivity index (χ4v) is 8.63. The number of ether oxygens (including phenoxy) is 1. The van der Waals surface area contributed by atoms with E-state index < -0.39 is 48.7 Å². The summed E-state index contributed by atoms with van der Waals surface area (Å²) in [5, 5.41) is 1.80. The molecular weight excluding hydrogens is 450 g/mol. The van der Waals surface area contributed by atoms with Crippen LogP contribution in [0.25, 0.3) is 0 Å². The summed E-state index contributed by atoms with van der Waals surface area (Å²) < 4.78 is 56.5. The summed E-state index contributed by atoms with van der Waals surface area (Å²) in [6.45, 7) is 4.01. The summed E-state index contributed by atoms with van der Waals surface area (Å²) in [5.74, 6) is -1.18.